The average molecular weight is 1300 g/mol. The molecule has 0 amide bonds. The first-order chi connectivity index (χ1) is 51.0. The topological polar surface area (TPSA) is 78.3 Å². The highest BCUT2D eigenvalue weighted by Gasteiger charge is 2.51. The zero-order valence-electron chi connectivity index (χ0n) is 54.6. The molecule has 0 N–H and O–H groups in total. The molecule has 0 unspecified atom stereocenters. The number of furan rings is 1. The van der Waals surface area contributed by atoms with Crippen LogP contribution in [0.2, 0.25) is 0 Å². The highest BCUT2D eigenvalue weighted by Crippen LogP contribution is 2.68. The Morgan fingerprint density at radius 1 is 0.272 bits per heavy atom. The Balaban J connectivity index is 0.892. The first-order valence-electron chi connectivity index (χ1n) is 35.9. The fourth-order valence-electron chi connectivity index (χ4n) is 23.6. The van der Waals surface area contributed by atoms with Gasteiger partial charge in [0.15, 0.2) is 11.4 Å². The molecular formula is C96H46N6O. The summed E-state index contributed by atoms with van der Waals surface area (Å²) in [7, 11) is 0. The molecular weight excluding hydrogens is 1250 g/mol. The third-order valence-corrected chi connectivity index (χ3v) is 26.7. The van der Waals surface area contributed by atoms with Gasteiger partial charge in [0.05, 0.1) is 69.2 Å². The minimum absolute atomic E-state index is 0.151. The van der Waals surface area contributed by atoms with Gasteiger partial charge in [0.2, 0.25) is 0 Å². The lowest BCUT2D eigenvalue weighted by molar-refractivity contribution is 0.677. The Hall–Kier alpha value is -13.6. The van der Waals surface area contributed by atoms with Crippen LogP contribution < -0.4 is 0 Å². The predicted octanol–water partition coefficient (Wildman–Crippen LogP) is 22.7. The molecule has 466 valence electrons. The molecule has 0 saturated carbocycles. The summed E-state index contributed by atoms with van der Waals surface area (Å²) >= 11 is 0. The molecule has 7 nitrogen and oxygen atoms in total. The van der Waals surface area contributed by atoms with Crippen LogP contribution >= 0.6 is 0 Å². The van der Waals surface area contributed by atoms with Crippen LogP contribution in [0.4, 0.5) is 11.4 Å². The first kappa shape index (κ1) is 52.5. The van der Waals surface area contributed by atoms with Crippen molar-refractivity contribution in [2.75, 3.05) is 0 Å². The van der Waals surface area contributed by atoms with E-state index in [2.05, 4.69) is 261 Å². The van der Waals surface area contributed by atoms with E-state index in [1.165, 1.54) is 100 Å². The molecule has 12 aliphatic rings. The number of aromatic nitrogens is 2. The number of rotatable bonds is 0. The summed E-state index contributed by atoms with van der Waals surface area (Å²) in [5.74, 6) is -1.40. The smallest absolute Gasteiger partial charge is 0.193 e. The maximum absolute atomic E-state index is 11.9. The van der Waals surface area contributed by atoms with Gasteiger partial charge in [-0.15, -0.1) is 0 Å². The largest absolute Gasteiger partial charge is 0.455 e. The van der Waals surface area contributed by atoms with E-state index in [4.69, 9.17) is 4.42 Å². The zero-order valence-corrected chi connectivity index (χ0v) is 54.6. The highest BCUT2D eigenvalue weighted by molar-refractivity contribution is 6.39. The number of nitrogens with zero attached hydrogens (tertiary/aromatic N) is 6. The monoisotopic (exact) mass is 1300 g/mol. The van der Waals surface area contributed by atoms with Crippen molar-refractivity contribution in [2.24, 2.45) is 0 Å². The van der Waals surface area contributed by atoms with Gasteiger partial charge in [-0.2, -0.15) is 10.5 Å². The molecule has 0 fully saturated rings. The third kappa shape index (κ3) is 5.51. The van der Waals surface area contributed by atoms with Gasteiger partial charge in [-0.25, -0.2) is 9.69 Å². The van der Waals surface area contributed by atoms with Crippen LogP contribution in [0.5, 0.6) is 0 Å². The van der Waals surface area contributed by atoms with Crippen molar-refractivity contribution in [1.29, 1.82) is 10.5 Å². The van der Waals surface area contributed by atoms with Crippen LogP contribution in [0.3, 0.4) is 0 Å². The van der Waals surface area contributed by atoms with Crippen LogP contribution in [-0.2, 0) is 0 Å². The lowest BCUT2D eigenvalue weighted by Crippen LogP contribution is -2.28. The van der Waals surface area contributed by atoms with Gasteiger partial charge < -0.3 is 13.2 Å². The van der Waals surface area contributed by atoms with Crippen LogP contribution in [0.25, 0.3) is 108 Å². The minimum Gasteiger partial charge on any atom is -0.455 e. The molecule has 31 rings (SSSR count). The van der Waals surface area contributed by atoms with E-state index in [0.717, 1.165) is 132 Å². The summed E-state index contributed by atoms with van der Waals surface area (Å²) in [6.07, 6.45) is 0. The average Bonchev–Trinajstić information content (AvgIpc) is 1.51. The number of hydrogen-bond acceptors (Lipinski definition) is 3. The lowest BCUT2D eigenvalue weighted by Gasteiger charge is -2.43. The summed E-state index contributed by atoms with van der Waals surface area (Å²) in [4.78, 5) is 9.17. The standard InChI is InChI=1S/C96H46N6O/c1-99-65-39-69-82(89-79-57-31-15-7-23-49(57)75(83(65)89)50-24-8-16-32-58(50)79)64-38-62-61-37-63-81-67(35-43(41-97)71-73-45-19-3-11-27-53(45)77(87(71)81)54-28-12-4-20-46(54)73)101-68-36-44(42-98)72-74-47-21-5-13-29-55(47)78(56-30-14-6-22-48(56)74)88(72)85(68)91(93(63)101)95(61)103-96(62)92-86-70(102(69)94(64)92)40-66(100-2)84-76-51-25-9-17-33-59(51)80(90(84)86)60-34-18-10-26-52(60)76/h3-40,73-80H. The van der Waals surface area contributed by atoms with Crippen molar-refractivity contribution in [3.8, 4) is 12.1 Å². The zero-order chi connectivity index (χ0) is 66.7. The summed E-state index contributed by atoms with van der Waals surface area (Å²) in [6, 6.07) is 90.8. The fourth-order valence-corrected chi connectivity index (χ4v) is 23.6. The molecule has 5 heterocycles. The van der Waals surface area contributed by atoms with Gasteiger partial charge in [-0.3, -0.25) is 0 Å². The van der Waals surface area contributed by atoms with E-state index in [-0.39, 0.29) is 47.3 Å². The second-order valence-electron chi connectivity index (χ2n) is 30.3. The number of benzene rings is 14. The molecule has 0 saturated heterocycles. The van der Waals surface area contributed by atoms with E-state index >= 15 is 0 Å². The Morgan fingerprint density at radius 3 is 0.796 bits per heavy atom. The molecule has 0 radical (unpaired) electrons. The summed E-state index contributed by atoms with van der Waals surface area (Å²) < 4.78 is 13.3. The van der Waals surface area contributed by atoms with Gasteiger partial charge in [-0.05, 0) is 170 Å². The van der Waals surface area contributed by atoms with E-state index in [0.29, 0.717) is 22.5 Å². The summed E-state index contributed by atoms with van der Waals surface area (Å²) in [5.41, 5.74) is 39.0. The SMILES string of the molecule is [C-]#[N+]c1cc2c(c3c1C1c4ccccc4C3c3ccccc31)c1cc3c4cc5c6c7c(c(C#N)cc6n6c8cc(C#N)c9c(c8c(c4oc3c3c4c8c(c([N+]#[C-])cc4n2c13)C1c2ccccc2C8c2ccccc21)c56)C1c2ccccc2C9c2ccccc21)C1c2ccccc2C7c2ccccc21. The first-order valence-corrected chi connectivity index (χ1v) is 35.9. The summed E-state index contributed by atoms with van der Waals surface area (Å²) in [6.45, 7) is 18.6. The van der Waals surface area contributed by atoms with Gasteiger partial charge in [0, 0.05) is 101 Å². The second-order valence-corrected chi connectivity index (χ2v) is 30.3. The van der Waals surface area contributed by atoms with E-state index in [1.807, 2.05) is 0 Å². The van der Waals surface area contributed by atoms with Gasteiger partial charge in [0.25, 0.3) is 0 Å². The normalized spacial score (nSPS) is 20.0. The van der Waals surface area contributed by atoms with Gasteiger partial charge in [-0.1, -0.05) is 194 Å². The van der Waals surface area contributed by atoms with Gasteiger partial charge >= 0.3 is 0 Å². The maximum Gasteiger partial charge on any atom is 0.193 e. The van der Waals surface area contributed by atoms with Crippen molar-refractivity contribution in [3.05, 3.63) is 398 Å². The Bertz CT molecular complexity index is 7050. The maximum atomic E-state index is 11.9. The minimum atomic E-state index is -0.203. The number of fused-ring (bicyclic) bond motifs is 17. The Labute approximate surface area is 587 Å². The van der Waals surface area contributed by atoms with Crippen LogP contribution in [0.15, 0.2) is 235 Å². The second kappa shape index (κ2) is 17.3. The Kier molecular flexibility index (Phi) is 8.84. The molecule has 8 bridgehead atoms. The number of nitriles is 2. The van der Waals surface area contributed by atoms with Crippen molar-refractivity contribution in [2.45, 2.75) is 47.3 Å². The third-order valence-electron chi connectivity index (χ3n) is 26.7. The van der Waals surface area contributed by atoms with Crippen molar-refractivity contribution in [3.63, 3.8) is 0 Å². The van der Waals surface area contributed by atoms with Crippen molar-refractivity contribution < 1.29 is 4.42 Å². The van der Waals surface area contributed by atoms with Gasteiger partial charge in [0.1, 0.15) is 11.2 Å². The predicted molar refractivity (Wildman–Crippen MR) is 404 cm³/mol. The molecule has 7 heteroatoms. The summed E-state index contributed by atoms with van der Waals surface area (Å²) in [5, 5.41) is 34.4. The molecule has 103 heavy (non-hydrogen) atoms. The lowest BCUT2D eigenvalue weighted by atomic mass is 9.59. The molecule has 14 aromatic carbocycles. The van der Waals surface area contributed by atoms with Crippen LogP contribution in [-0.4, -0.2) is 8.80 Å². The van der Waals surface area contributed by atoms with E-state index in [9.17, 15) is 23.7 Å². The molecule has 19 aromatic rings. The van der Waals surface area contributed by atoms with Crippen LogP contribution in [0.1, 0.15) is 192 Å². The molecule has 0 atom stereocenters. The molecule has 0 aliphatic heterocycles. The molecule has 0 spiro atoms. The highest BCUT2D eigenvalue weighted by atomic mass is 16.3. The Morgan fingerprint density at radius 2 is 0.505 bits per heavy atom. The number of hydrogen-bond donors (Lipinski definition) is 0. The van der Waals surface area contributed by atoms with E-state index in [1.54, 1.807) is 0 Å². The fraction of sp³-hybridized carbons (Fsp3) is 0.0833. The van der Waals surface area contributed by atoms with Crippen molar-refractivity contribution >= 4 is 110 Å². The molecule has 12 aliphatic carbocycles. The quantitative estimate of drug-likeness (QED) is 0.142. The van der Waals surface area contributed by atoms with E-state index < -0.39 is 0 Å². The van der Waals surface area contributed by atoms with Crippen LogP contribution in [0, 0.1) is 35.8 Å². The van der Waals surface area contributed by atoms with Crippen molar-refractivity contribution in [1.82, 2.24) is 8.80 Å². The molecule has 5 aromatic heterocycles.